The van der Waals surface area contributed by atoms with Crippen LogP contribution in [0.15, 0.2) is 16.0 Å². The fraction of sp³-hybridized carbons (Fsp3) is 0.474. The van der Waals surface area contributed by atoms with Crippen molar-refractivity contribution in [2.24, 2.45) is 0 Å². The summed E-state index contributed by atoms with van der Waals surface area (Å²) in [6, 6.07) is 1.88. The summed E-state index contributed by atoms with van der Waals surface area (Å²) in [5, 5.41) is 10.2. The van der Waals surface area contributed by atoms with E-state index in [1.165, 1.54) is 11.3 Å². The summed E-state index contributed by atoms with van der Waals surface area (Å²) in [7, 11) is 0. The van der Waals surface area contributed by atoms with Gasteiger partial charge in [0.1, 0.15) is 0 Å². The highest BCUT2D eigenvalue weighted by molar-refractivity contribution is 7.14. The second kappa shape index (κ2) is 7.23. The van der Waals surface area contributed by atoms with Crippen molar-refractivity contribution in [2.45, 2.75) is 32.2 Å². The molecule has 1 aliphatic carbocycles. The summed E-state index contributed by atoms with van der Waals surface area (Å²) in [6.45, 7) is 5.92. The Kier molecular flexibility index (Phi) is 4.58. The van der Waals surface area contributed by atoms with Gasteiger partial charge in [0.25, 0.3) is 11.6 Å². The lowest BCUT2D eigenvalue weighted by Crippen LogP contribution is -2.35. The number of anilines is 1. The van der Waals surface area contributed by atoms with E-state index >= 15 is 0 Å². The van der Waals surface area contributed by atoms with Crippen LogP contribution in [0.1, 0.15) is 46.2 Å². The van der Waals surface area contributed by atoms with Crippen molar-refractivity contribution in [3.63, 3.8) is 0 Å². The molecule has 146 valence electrons. The van der Waals surface area contributed by atoms with Crippen LogP contribution in [0.2, 0.25) is 0 Å². The van der Waals surface area contributed by atoms with E-state index in [0.29, 0.717) is 33.4 Å². The Labute approximate surface area is 165 Å². The number of carbonyl (C=O) groups is 1. The summed E-state index contributed by atoms with van der Waals surface area (Å²) in [4.78, 5) is 24.4. The van der Waals surface area contributed by atoms with E-state index in [2.05, 4.69) is 25.3 Å². The van der Waals surface area contributed by atoms with Gasteiger partial charge in [-0.3, -0.25) is 15.0 Å². The maximum Gasteiger partial charge on any atom is 0.259 e. The van der Waals surface area contributed by atoms with Crippen molar-refractivity contribution in [3.8, 4) is 0 Å². The SMILES string of the molecule is Cc1noc2nc(C3CC3)cc(C(=O)Nc3nc(CN4CCOCC4)cs3)c12. The molecule has 0 atom stereocenters. The lowest BCUT2D eigenvalue weighted by Gasteiger charge is -2.25. The van der Waals surface area contributed by atoms with Gasteiger partial charge in [-0.05, 0) is 25.8 Å². The number of rotatable bonds is 5. The van der Waals surface area contributed by atoms with E-state index in [9.17, 15) is 4.79 Å². The maximum absolute atomic E-state index is 13.0. The largest absolute Gasteiger partial charge is 0.379 e. The van der Waals surface area contributed by atoms with Gasteiger partial charge in [0.2, 0.25) is 0 Å². The first kappa shape index (κ1) is 17.7. The molecule has 2 fully saturated rings. The highest BCUT2D eigenvalue weighted by Crippen LogP contribution is 2.40. The predicted octanol–water partition coefficient (Wildman–Crippen LogP) is 2.95. The van der Waals surface area contributed by atoms with Crippen molar-refractivity contribution in [1.82, 2.24) is 20.0 Å². The number of morpholine rings is 1. The van der Waals surface area contributed by atoms with Gasteiger partial charge in [-0.2, -0.15) is 0 Å². The second-order valence-electron chi connectivity index (χ2n) is 7.30. The number of pyridine rings is 1. The van der Waals surface area contributed by atoms with Crippen LogP contribution in [-0.2, 0) is 11.3 Å². The topological polar surface area (TPSA) is 93.4 Å². The van der Waals surface area contributed by atoms with Crippen LogP contribution in [0.4, 0.5) is 5.13 Å². The van der Waals surface area contributed by atoms with Crippen molar-refractivity contribution in [3.05, 3.63) is 34.1 Å². The molecule has 3 aromatic rings. The maximum atomic E-state index is 13.0. The molecule has 0 radical (unpaired) electrons. The van der Waals surface area contributed by atoms with E-state index in [4.69, 9.17) is 9.26 Å². The lowest BCUT2D eigenvalue weighted by molar-refractivity contribution is 0.0337. The molecule has 0 spiro atoms. The zero-order valence-electron chi connectivity index (χ0n) is 15.6. The first-order valence-electron chi connectivity index (χ1n) is 9.50. The smallest absolute Gasteiger partial charge is 0.259 e. The summed E-state index contributed by atoms with van der Waals surface area (Å²) < 4.78 is 10.7. The molecule has 8 nitrogen and oxygen atoms in total. The zero-order valence-corrected chi connectivity index (χ0v) is 16.4. The summed E-state index contributed by atoms with van der Waals surface area (Å²) in [5.41, 5.74) is 3.51. The Morgan fingerprint density at radius 3 is 2.93 bits per heavy atom. The van der Waals surface area contributed by atoms with Crippen LogP contribution < -0.4 is 5.32 Å². The van der Waals surface area contributed by atoms with E-state index < -0.39 is 0 Å². The van der Waals surface area contributed by atoms with Crippen molar-refractivity contribution in [2.75, 3.05) is 31.6 Å². The molecule has 1 N–H and O–H groups in total. The second-order valence-corrected chi connectivity index (χ2v) is 8.16. The Hall–Kier alpha value is -2.36. The predicted molar refractivity (Wildman–Crippen MR) is 105 cm³/mol. The molecule has 1 aliphatic heterocycles. The minimum atomic E-state index is -0.201. The van der Waals surface area contributed by atoms with Crippen LogP contribution in [0.25, 0.3) is 11.1 Å². The molecule has 5 rings (SSSR count). The molecule has 1 saturated heterocycles. The Morgan fingerprint density at radius 1 is 1.32 bits per heavy atom. The van der Waals surface area contributed by atoms with Gasteiger partial charge in [-0.15, -0.1) is 11.3 Å². The minimum absolute atomic E-state index is 0.201. The van der Waals surface area contributed by atoms with Crippen LogP contribution in [0.3, 0.4) is 0 Å². The standard InChI is InChI=1S/C19H21N5O3S/c1-11-16-14(8-15(12-2-3-12)21-18(16)27-23-11)17(25)22-19-20-13(10-28-19)9-24-4-6-26-7-5-24/h8,10,12H,2-7,9H2,1H3,(H,20,22,25). The average Bonchev–Trinajstić information content (AvgIpc) is 3.37. The molecular weight excluding hydrogens is 378 g/mol. The van der Waals surface area contributed by atoms with E-state index in [0.717, 1.165) is 57.1 Å². The fourth-order valence-electron chi connectivity index (χ4n) is 3.47. The molecule has 3 aromatic heterocycles. The van der Waals surface area contributed by atoms with E-state index in [-0.39, 0.29) is 5.91 Å². The number of amides is 1. The van der Waals surface area contributed by atoms with Gasteiger partial charge in [0, 0.05) is 36.6 Å². The lowest BCUT2D eigenvalue weighted by atomic mass is 10.1. The fourth-order valence-corrected chi connectivity index (χ4v) is 4.17. The Morgan fingerprint density at radius 2 is 2.14 bits per heavy atom. The molecule has 1 amide bonds. The number of thiazole rings is 1. The van der Waals surface area contributed by atoms with Gasteiger partial charge in [-0.25, -0.2) is 9.97 Å². The number of ether oxygens (including phenoxy) is 1. The molecule has 0 unspecified atom stereocenters. The van der Waals surface area contributed by atoms with Gasteiger partial charge >= 0.3 is 0 Å². The number of aromatic nitrogens is 3. The molecule has 28 heavy (non-hydrogen) atoms. The third-order valence-corrected chi connectivity index (χ3v) is 5.95. The van der Waals surface area contributed by atoms with Crippen LogP contribution >= 0.6 is 11.3 Å². The number of hydrogen-bond acceptors (Lipinski definition) is 8. The van der Waals surface area contributed by atoms with Gasteiger partial charge in [0.15, 0.2) is 5.13 Å². The van der Waals surface area contributed by atoms with Gasteiger partial charge in [-0.1, -0.05) is 5.16 Å². The molecule has 4 heterocycles. The third kappa shape index (κ3) is 3.52. The van der Waals surface area contributed by atoms with Crippen molar-refractivity contribution >= 4 is 33.5 Å². The highest BCUT2D eigenvalue weighted by Gasteiger charge is 2.29. The first-order valence-corrected chi connectivity index (χ1v) is 10.4. The monoisotopic (exact) mass is 399 g/mol. The first-order chi connectivity index (χ1) is 13.7. The molecule has 9 heteroatoms. The number of nitrogens with zero attached hydrogens (tertiary/aromatic N) is 4. The zero-order chi connectivity index (χ0) is 19.1. The number of aryl methyl sites for hydroxylation is 1. The van der Waals surface area contributed by atoms with Crippen molar-refractivity contribution < 1.29 is 14.1 Å². The molecule has 0 aromatic carbocycles. The molecular formula is C19H21N5O3S. The number of fused-ring (bicyclic) bond motifs is 1. The normalized spacial score (nSPS) is 17.9. The molecule has 0 bridgehead atoms. The highest BCUT2D eigenvalue weighted by atomic mass is 32.1. The van der Waals surface area contributed by atoms with Crippen molar-refractivity contribution in [1.29, 1.82) is 0 Å². The number of hydrogen-bond donors (Lipinski definition) is 1. The average molecular weight is 399 g/mol. The number of nitrogens with one attached hydrogen (secondary N) is 1. The molecule has 1 saturated carbocycles. The number of carbonyl (C=O) groups excluding carboxylic acids is 1. The van der Waals surface area contributed by atoms with Crippen LogP contribution in [0, 0.1) is 6.92 Å². The van der Waals surface area contributed by atoms with Gasteiger partial charge < -0.3 is 9.26 Å². The quantitative estimate of drug-likeness (QED) is 0.705. The van der Waals surface area contributed by atoms with E-state index in [1.54, 1.807) is 0 Å². The Balaban J connectivity index is 1.36. The van der Waals surface area contributed by atoms with Crippen LogP contribution in [-0.4, -0.2) is 52.2 Å². The minimum Gasteiger partial charge on any atom is -0.379 e. The summed E-state index contributed by atoms with van der Waals surface area (Å²) in [6.07, 6.45) is 2.20. The van der Waals surface area contributed by atoms with Gasteiger partial charge in [0.05, 0.1) is 35.6 Å². The Bertz CT molecular complexity index is 1020. The van der Waals surface area contributed by atoms with E-state index in [1.807, 2.05) is 18.4 Å². The van der Waals surface area contributed by atoms with Crippen LogP contribution in [0.5, 0.6) is 0 Å². The summed E-state index contributed by atoms with van der Waals surface area (Å²) in [5.74, 6) is 0.217. The third-order valence-electron chi connectivity index (χ3n) is 5.14. The molecule has 2 aliphatic rings. The summed E-state index contributed by atoms with van der Waals surface area (Å²) >= 11 is 1.44.